The topological polar surface area (TPSA) is 40.5 Å². The number of nitrogens with zero attached hydrogens (tertiary/aromatic N) is 1. The summed E-state index contributed by atoms with van der Waals surface area (Å²) < 4.78 is 14.5. The lowest BCUT2D eigenvalue weighted by Crippen LogP contribution is -2.24. The maximum atomic E-state index is 13.6. The average molecular weight is 332 g/mol. The first-order chi connectivity index (χ1) is 9.02. The third-order valence-corrected chi connectivity index (χ3v) is 3.46. The van der Waals surface area contributed by atoms with Gasteiger partial charge in [0.1, 0.15) is 5.82 Å². The van der Waals surface area contributed by atoms with Crippen molar-refractivity contribution in [1.29, 1.82) is 0 Å². The molecule has 0 unspecified atom stereocenters. The molecule has 0 fully saturated rings. The van der Waals surface area contributed by atoms with Crippen LogP contribution in [0.5, 0.6) is 0 Å². The van der Waals surface area contributed by atoms with Gasteiger partial charge in [-0.05, 0) is 44.1 Å². The van der Waals surface area contributed by atoms with Crippen LogP contribution in [0.2, 0.25) is 0 Å². The maximum Gasteiger partial charge on any atom is 0.303 e. The van der Waals surface area contributed by atoms with E-state index in [9.17, 15) is 9.18 Å². The predicted octanol–water partition coefficient (Wildman–Crippen LogP) is 3.67. The van der Waals surface area contributed by atoms with Gasteiger partial charge in [-0.2, -0.15) is 0 Å². The van der Waals surface area contributed by atoms with Crippen molar-refractivity contribution in [1.82, 2.24) is 4.90 Å². The second kappa shape index (κ2) is 8.27. The zero-order valence-electron chi connectivity index (χ0n) is 11.0. The summed E-state index contributed by atoms with van der Waals surface area (Å²) in [4.78, 5) is 12.5. The van der Waals surface area contributed by atoms with Crippen LogP contribution < -0.4 is 0 Å². The molecule has 0 aliphatic heterocycles. The number of aliphatic carboxylic acids is 1. The Morgan fingerprint density at radius 3 is 2.79 bits per heavy atom. The molecule has 0 aromatic heterocycles. The average Bonchev–Trinajstić information content (AvgIpc) is 2.37. The molecule has 0 amide bonds. The molecule has 0 atom stereocenters. The summed E-state index contributed by atoms with van der Waals surface area (Å²) in [6.45, 7) is 4.18. The molecule has 3 nitrogen and oxygen atoms in total. The molecule has 19 heavy (non-hydrogen) atoms. The van der Waals surface area contributed by atoms with Gasteiger partial charge in [0.25, 0.3) is 0 Å². The molecule has 1 rings (SSSR count). The van der Waals surface area contributed by atoms with E-state index in [0.29, 0.717) is 18.5 Å². The molecular weight excluding hydrogens is 313 g/mol. The standard InChI is InChI=1S/C14H19BrFNO2/c1-2-17(8-4-3-5-14(18)19)10-11-9-12(15)6-7-13(11)16/h6-7,9H,2-5,8,10H2,1H3,(H,18,19). The summed E-state index contributed by atoms with van der Waals surface area (Å²) in [6, 6.07) is 4.93. The Labute approximate surface area is 121 Å². The molecule has 0 aliphatic carbocycles. The smallest absolute Gasteiger partial charge is 0.303 e. The molecule has 0 saturated carbocycles. The fourth-order valence-corrected chi connectivity index (χ4v) is 2.27. The predicted molar refractivity (Wildman–Crippen MR) is 76.5 cm³/mol. The van der Waals surface area contributed by atoms with E-state index in [2.05, 4.69) is 20.8 Å². The van der Waals surface area contributed by atoms with E-state index in [1.807, 2.05) is 6.92 Å². The molecule has 1 N–H and O–H groups in total. The normalized spacial score (nSPS) is 10.9. The van der Waals surface area contributed by atoms with Crippen molar-refractivity contribution >= 4 is 21.9 Å². The first-order valence-corrected chi connectivity index (χ1v) is 7.20. The molecular formula is C14H19BrFNO2. The van der Waals surface area contributed by atoms with Crippen molar-refractivity contribution < 1.29 is 14.3 Å². The molecule has 0 saturated heterocycles. The van der Waals surface area contributed by atoms with Crippen LogP contribution in [0, 0.1) is 5.82 Å². The Balaban J connectivity index is 2.47. The number of halogens is 2. The van der Waals surface area contributed by atoms with Gasteiger partial charge in [-0.15, -0.1) is 0 Å². The lowest BCUT2D eigenvalue weighted by Gasteiger charge is -2.20. The highest BCUT2D eigenvalue weighted by Crippen LogP contribution is 2.17. The summed E-state index contributed by atoms with van der Waals surface area (Å²) in [5, 5.41) is 8.57. The second-order valence-electron chi connectivity index (χ2n) is 4.46. The van der Waals surface area contributed by atoms with Gasteiger partial charge in [0.2, 0.25) is 0 Å². The molecule has 106 valence electrons. The van der Waals surface area contributed by atoms with E-state index in [1.54, 1.807) is 12.1 Å². The molecule has 5 heteroatoms. The van der Waals surface area contributed by atoms with Crippen molar-refractivity contribution in [2.75, 3.05) is 13.1 Å². The highest BCUT2D eigenvalue weighted by atomic mass is 79.9. The monoisotopic (exact) mass is 331 g/mol. The Bertz CT molecular complexity index is 426. The van der Waals surface area contributed by atoms with Gasteiger partial charge in [-0.25, -0.2) is 4.39 Å². The van der Waals surface area contributed by atoms with Gasteiger partial charge in [-0.3, -0.25) is 9.69 Å². The van der Waals surface area contributed by atoms with Gasteiger partial charge in [0.15, 0.2) is 0 Å². The van der Waals surface area contributed by atoms with Crippen molar-refractivity contribution in [3.63, 3.8) is 0 Å². The second-order valence-corrected chi connectivity index (χ2v) is 5.37. The minimum absolute atomic E-state index is 0.197. The third-order valence-electron chi connectivity index (χ3n) is 2.96. The quantitative estimate of drug-likeness (QED) is 0.739. The van der Waals surface area contributed by atoms with Crippen molar-refractivity contribution in [2.24, 2.45) is 0 Å². The van der Waals surface area contributed by atoms with Crippen LogP contribution in [-0.4, -0.2) is 29.1 Å². The van der Waals surface area contributed by atoms with E-state index < -0.39 is 5.97 Å². The summed E-state index contributed by atoms with van der Waals surface area (Å²) in [5.74, 6) is -0.965. The Hall–Kier alpha value is -0.940. The number of carboxylic acids is 1. The molecule has 0 spiro atoms. The highest BCUT2D eigenvalue weighted by molar-refractivity contribution is 9.10. The van der Waals surface area contributed by atoms with Crippen LogP contribution in [0.3, 0.4) is 0 Å². The van der Waals surface area contributed by atoms with E-state index in [1.165, 1.54) is 6.07 Å². The Morgan fingerprint density at radius 2 is 2.16 bits per heavy atom. The molecule has 0 bridgehead atoms. The number of benzene rings is 1. The number of rotatable bonds is 8. The zero-order chi connectivity index (χ0) is 14.3. The van der Waals surface area contributed by atoms with Crippen molar-refractivity contribution in [3.8, 4) is 0 Å². The number of carbonyl (C=O) groups is 1. The van der Waals surface area contributed by atoms with Crippen molar-refractivity contribution in [3.05, 3.63) is 34.1 Å². The van der Waals surface area contributed by atoms with Crippen molar-refractivity contribution in [2.45, 2.75) is 32.7 Å². The van der Waals surface area contributed by atoms with Gasteiger partial charge in [-0.1, -0.05) is 22.9 Å². The van der Waals surface area contributed by atoms with Crippen LogP contribution >= 0.6 is 15.9 Å². The van der Waals surface area contributed by atoms with Crippen LogP contribution in [0.1, 0.15) is 31.7 Å². The zero-order valence-corrected chi connectivity index (χ0v) is 12.6. The van der Waals surface area contributed by atoms with Gasteiger partial charge < -0.3 is 5.11 Å². The van der Waals surface area contributed by atoms with Crippen LogP contribution in [0.15, 0.2) is 22.7 Å². The third kappa shape index (κ3) is 6.16. The molecule has 1 aromatic rings. The van der Waals surface area contributed by atoms with E-state index in [4.69, 9.17) is 5.11 Å². The minimum Gasteiger partial charge on any atom is -0.481 e. The lowest BCUT2D eigenvalue weighted by atomic mass is 10.2. The summed E-state index contributed by atoms with van der Waals surface area (Å²) >= 11 is 3.34. The summed E-state index contributed by atoms with van der Waals surface area (Å²) in [5.41, 5.74) is 0.662. The minimum atomic E-state index is -0.763. The van der Waals surface area contributed by atoms with E-state index >= 15 is 0 Å². The van der Waals surface area contributed by atoms with Gasteiger partial charge in [0, 0.05) is 23.0 Å². The maximum absolute atomic E-state index is 13.6. The SMILES string of the molecule is CCN(CCCCC(=O)O)Cc1cc(Br)ccc1F. The molecule has 0 radical (unpaired) electrons. The Kier molecular flexibility index (Phi) is 7.02. The van der Waals surface area contributed by atoms with Crippen LogP contribution in [-0.2, 0) is 11.3 Å². The largest absolute Gasteiger partial charge is 0.481 e. The van der Waals surface area contributed by atoms with Crippen LogP contribution in [0.25, 0.3) is 0 Å². The fraction of sp³-hybridized carbons (Fsp3) is 0.500. The molecule has 1 aromatic carbocycles. The lowest BCUT2D eigenvalue weighted by molar-refractivity contribution is -0.137. The number of hydrogen-bond donors (Lipinski definition) is 1. The number of hydrogen-bond acceptors (Lipinski definition) is 2. The molecule has 0 heterocycles. The Morgan fingerprint density at radius 1 is 1.42 bits per heavy atom. The highest BCUT2D eigenvalue weighted by Gasteiger charge is 2.08. The number of carboxylic acid groups (broad SMARTS) is 1. The van der Waals surface area contributed by atoms with E-state index in [0.717, 1.165) is 24.0 Å². The van der Waals surface area contributed by atoms with Gasteiger partial charge >= 0.3 is 5.97 Å². The summed E-state index contributed by atoms with van der Waals surface area (Å²) in [6.07, 6.45) is 1.67. The summed E-state index contributed by atoms with van der Waals surface area (Å²) in [7, 11) is 0. The van der Waals surface area contributed by atoms with E-state index in [-0.39, 0.29) is 12.2 Å². The molecule has 0 aliphatic rings. The first-order valence-electron chi connectivity index (χ1n) is 6.41. The number of unbranched alkanes of at least 4 members (excludes halogenated alkanes) is 1. The van der Waals surface area contributed by atoms with Crippen LogP contribution in [0.4, 0.5) is 4.39 Å². The fourth-order valence-electron chi connectivity index (χ4n) is 1.87. The first kappa shape index (κ1) is 16.1. The van der Waals surface area contributed by atoms with Gasteiger partial charge in [0.05, 0.1) is 0 Å².